The Morgan fingerprint density at radius 2 is 1.55 bits per heavy atom. The summed E-state index contributed by atoms with van der Waals surface area (Å²) in [5, 5.41) is 64.8. The van der Waals surface area contributed by atoms with Crippen molar-refractivity contribution in [1.82, 2.24) is 0 Å². The number of allylic oxidation sites excluding steroid dienone is 2. The third kappa shape index (κ3) is 5.26. The van der Waals surface area contributed by atoms with Gasteiger partial charge in [-0.15, -0.1) is 0 Å². The van der Waals surface area contributed by atoms with Gasteiger partial charge in [0.1, 0.15) is 24.4 Å². The van der Waals surface area contributed by atoms with Gasteiger partial charge in [-0.05, 0) is 124 Å². The van der Waals surface area contributed by atoms with Gasteiger partial charge in [0.15, 0.2) is 6.29 Å². The third-order valence-corrected chi connectivity index (χ3v) is 14.5. The topological polar surface area (TPSA) is 140 Å². The molecule has 0 aromatic rings. The molecule has 1 heterocycles. The molecule has 5 rings (SSSR count). The minimum atomic E-state index is -1.46. The molecule has 4 saturated carbocycles. The van der Waals surface area contributed by atoms with E-state index in [2.05, 4.69) is 54.5 Å². The van der Waals surface area contributed by atoms with Crippen molar-refractivity contribution < 1.29 is 40.1 Å². The van der Waals surface area contributed by atoms with Crippen LogP contribution in [0.15, 0.2) is 11.6 Å². The van der Waals surface area contributed by atoms with Crippen LogP contribution in [0.5, 0.6) is 0 Å². The second-order valence-electron chi connectivity index (χ2n) is 17.3. The van der Waals surface area contributed by atoms with E-state index in [0.29, 0.717) is 18.3 Å². The maximum Gasteiger partial charge on any atom is 0.186 e. The standard InChI is InChI=1S/C36H62O8/c1-20(2)10-9-14-36(8,42)21-11-16-35(7)27(21)22(38)18-25-33(5)15-13-26(32(3,4)24(33)12-17-34(25,35)6)44-31-30(41)29(40)28(39)23(19-37)43-31/h10,21-31,37-42H,9,11-19H2,1-8H3/t21-,22+,23+,24-,25+,26-,27?,28+,29-,30+,31-,33-,34+,35+,36-/m0/s1. The lowest BCUT2D eigenvalue weighted by molar-refractivity contribution is -0.332. The molecule has 8 heteroatoms. The zero-order chi connectivity index (χ0) is 32.6. The summed E-state index contributed by atoms with van der Waals surface area (Å²) in [5.41, 5.74) is 0.122. The Balaban J connectivity index is 1.37. The summed E-state index contributed by atoms with van der Waals surface area (Å²) >= 11 is 0. The largest absolute Gasteiger partial charge is 0.394 e. The van der Waals surface area contributed by atoms with Crippen LogP contribution in [0.1, 0.15) is 113 Å². The minimum absolute atomic E-state index is 0.0231. The zero-order valence-corrected chi connectivity index (χ0v) is 28.5. The SMILES string of the molecule is CC(C)=CCC[C@](C)(O)[C@H]1CC[C@]2(C)C1[C@H](O)C[C@@H]1[C@@]3(C)CC[C@H](O[C@@H]4O[C@H](CO)[C@@H](O)[C@H](O)[C@H]4O)C(C)(C)[C@@H]3CC[C@]12C. The summed E-state index contributed by atoms with van der Waals surface area (Å²) in [6.45, 7) is 17.5. The summed E-state index contributed by atoms with van der Waals surface area (Å²) < 4.78 is 12.2. The predicted molar refractivity (Wildman–Crippen MR) is 168 cm³/mol. The second kappa shape index (κ2) is 11.8. The number of fused-ring (bicyclic) bond motifs is 5. The molecule has 1 unspecified atom stereocenters. The first-order valence-corrected chi connectivity index (χ1v) is 17.3. The summed E-state index contributed by atoms with van der Waals surface area (Å²) in [6.07, 6.45) is 3.15. The van der Waals surface area contributed by atoms with Crippen LogP contribution >= 0.6 is 0 Å². The molecule has 4 aliphatic carbocycles. The highest BCUT2D eigenvalue weighted by atomic mass is 16.7. The third-order valence-electron chi connectivity index (χ3n) is 14.5. The highest BCUT2D eigenvalue weighted by Crippen LogP contribution is 2.76. The molecule has 1 aliphatic heterocycles. The summed E-state index contributed by atoms with van der Waals surface area (Å²) in [4.78, 5) is 0. The van der Waals surface area contributed by atoms with E-state index in [0.717, 1.165) is 51.4 Å². The van der Waals surface area contributed by atoms with Crippen molar-refractivity contribution >= 4 is 0 Å². The Hall–Kier alpha value is -0.580. The van der Waals surface area contributed by atoms with Crippen molar-refractivity contribution in [2.24, 2.45) is 45.3 Å². The maximum absolute atomic E-state index is 12.0. The normalized spacial score (nSPS) is 51.5. The van der Waals surface area contributed by atoms with Crippen LogP contribution in [0.25, 0.3) is 0 Å². The molecule has 0 spiro atoms. The first kappa shape index (κ1) is 34.7. The van der Waals surface area contributed by atoms with E-state index >= 15 is 0 Å². The van der Waals surface area contributed by atoms with Gasteiger partial charge in [-0.2, -0.15) is 0 Å². The Morgan fingerprint density at radius 1 is 0.886 bits per heavy atom. The first-order chi connectivity index (χ1) is 20.3. The van der Waals surface area contributed by atoms with Crippen LogP contribution in [0.2, 0.25) is 0 Å². The van der Waals surface area contributed by atoms with E-state index in [1.807, 2.05) is 6.92 Å². The van der Waals surface area contributed by atoms with Crippen LogP contribution in [-0.2, 0) is 9.47 Å². The average Bonchev–Trinajstić information content (AvgIpc) is 3.32. The number of hydrogen-bond acceptors (Lipinski definition) is 8. The second-order valence-corrected chi connectivity index (χ2v) is 17.3. The predicted octanol–water partition coefficient (Wildman–Crippen LogP) is 4.32. The van der Waals surface area contributed by atoms with Gasteiger partial charge in [-0.25, -0.2) is 0 Å². The van der Waals surface area contributed by atoms with Gasteiger partial charge in [0.05, 0.1) is 24.4 Å². The molecule has 6 N–H and O–H groups in total. The number of rotatable bonds is 7. The van der Waals surface area contributed by atoms with Crippen LogP contribution in [0, 0.1) is 45.3 Å². The molecule has 254 valence electrons. The molecule has 8 nitrogen and oxygen atoms in total. The average molecular weight is 623 g/mol. The Morgan fingerprint density at radius 3 is 2.18 bits per heavy atom. The molecule has 0 aromatic heterocycles. The monoisotopic (exact) mass is 622 g/mol. The van der Waals surface area contributed by atoms with E-state index in [1.54, 1.807) is 0 Å². The first-order valence-electron chi connectivity index (χ1n) is 17.3. The van der Waals surface area contributed by atoms with Crippen molar-refractivity contribution in [2.45, 2.75) is 162 Å². The lowest BCUT2D eigenvalue weighted by Crippen LogP contribution is -2.67. The van der Waals surface area contributed by atoms with Crippen molar-refractivity contribution in [1.29, 1.82) is 0 Å². The number of aliphatic hydroxyl groups is 6. The Labute approximate surface area is 265 Å². The van der Waals surface area contributed by atoms with E-state index in [4.69, 9.17) is 9.47 Å². The van der Waals surface area contributed by atoms with Gasteiger partial charge in [0.2, 0.25) is 0 Å². The smallest absolute Gasteiger partial charge is 0.186 e. The van der Waals surface area contributed by atoms with Gasteiger partial charge in [0, 0.05) is 0 Å². The molecule has 5 aliphatic rings. The lowest BCUT2D eigenvalue weighted by Gasteiger charge is -2.70. The van der Waals surface area contributed by atoms with Crippen molar-refractivity contribution in [3.63, 3.8) is 0 Å². The fraction of sp³-hybridized carbons (Fsp3) is 0.944. The molecule has 44 heavy (non-hydrogen) atoms. The number of aliphatic hydroxyl groups excluding tert-OH is 5. The quantitative estimate of drug-likeness (QED) is 0.182. The van der Waals surface area contributed by atoms with Gasteiger partial charge >= 0.3 is 0 Å². The Kier molecular flexibility index (Phi) is 9.35. The molecule has 5 fully saturated rings. The molecular weight excluding hydrogens is 560 g/mol. The van der Waals surface area contributed by atoms with E-state index in [9.17, 15) is 30.6 Å². The van der Waals surface area contributed by atoms with Crippen LogP contribution in [0.3, 0.4) is 0 Å². The minimum Gasteiger partial charge on any atom is -0.394 e. The molecule has 0 aromatic carbocycles. The molecule has 1 saturated heterocycles. The molecule has 0 bridgehead atoms. The Bertz CT molecular complexity index is 1070. The summed E-state index contributed by atoms with van der Waals surface area (Å²) in [5.74, 6) is 0.792. The van der Waals surface area contributed by atoms with Gasteiger partial charge < -0.3 is 40.1 Å². The summed E-state index contributed by atoms with van der Waals surface area (Å²) in [7, 11) is 0. The van der Waals surface area contributed by atoms with Gasteiger partial charge in [-0.1, -0.05) is 46.3 Å². The van der Waals surface area contributed by atoms with Crippen molar-refractivity contribution in [2.75, 3.05) is 6.61 Å². The van der Waals surface area contributed by atoms with Crippen molar-refractivity contribution in [3.05, 3.63) is 11.6 Å². The van der Waals surface area contributed by atoms with Crippen LogP contribution < -0.4 is 0 Å². The lowest BCUT2D eigenvalue weighted by atomic mass is 9.35. The molecule has 0 radical (unpaired) electrons. The van der Waals surface area contributed by atoms with Crippen LogP contribution in [-0.4, -0.2) is 85.8 Å². The highest BCUT2D eigenvalue weighted by molar-refractivity contribution is 5.20. The molecular formula is C36H62O8. The fourth-order valence-corrected chi connectivity index (χ4v) is 11.9. The van der Waals surface area contributed by atoms with Gasteiger partial charge in [-0.3, -0.25) is 0 Å². The number of hydrogen-bond donors (Lipinski definition) is 6. The maximum atomic E-state index is 12.0. The highest BCUT2D eigenvalue weighted by Gasteiger charge is 2.71. The van der Waals surface area contributed by atoms with E-state index in [1.165, 1.54) is 5.57 Å². The number of ether oxygens (including phenoxy) is 2. The summed E-state index contributed by atoms with van der Waals surface area (Å²) in [6, 6.07) is 0. The van der Waals surface area contributed by atoms with E-state index in [-0.39, 0.29) is 39.6 Å². The molecule has 15 atom stereocenters. The zero-order valence-electron chi connectivity index (χ0n) is 28.5. The van der Waals surface area contributed by atoms with Crippen LogP contribution in [0.4, 0.5) is 0 Å². The fourth-order valence-electron chi connectivity index (χ4n) is 11.9. The van der Waals surface area contributed by atoms with Crippen molar-refractivity contribution in [3.8, 4) is 0 Å². The van der Waals surface area contributed by atoms with Gasteiger partial charge in [0.25, 0.3) is 0 Å². The van der Waals surface area contributed by atoms with E-state index < -0.39 is 49.0 Å². The molecule has 0 amide bonds.